The van der Waals surface area contributed by atoms with Gasteiger partial charge in [0.2, 0.25) is 11.7 Å². The molecule has 8 heteroatoms. The molecule has 2 aromatic rings. The van der Waals surface area contributed by atoms with Crippen LogP contribution >= 0.6 is 0 Å². The van der Waals surface area contributed by atoms with Crippen molar-refractivity contribution in [3.05, 3.63) is 42.0 Å². The molecule has 0 bridgehead atoms. The number of anilines is 2. The smallest absolute Gasteiger partial charge is 0.246 e. The molecule has 0 fully saturated rings. The van der Waals surface area contributed by atoms with Crippen molar-refractivity contribution in [1.29, 1.82) is 0 Å². The molecule has 0 aliphatic heterocycles. The van der Waals surface area contributed by atoms with Gasteiger partial charge in [-0.1, -0.05) is 0 Å². The first-order chi connectivity index (χ1) is 12.4. The van der Waals surface area contributed by atoms with E-state index in [1.807, 2.05) is 0 Å². The Kier molecular flexibility index (Phi) is 6.21. The lowest BCUT2D eigenvalue weighted by atomic mass is 10.2. The lowest BCUT2D eigenvalue weighted by Crippen LogP contribution is -2.32. The van der Waals surface area contributed by atoms with Gasteiger partial charge < -0.3 is 24.8 Å². The Labute approximate surface area is 150 Å². The van der Waals surface area contributed by atoms with E-state index in [9.17, 15) is 13.6 Å². The fraction of sp³-hybridized carbons (Fsp3) is 0.278. The molecule has 26 heavy (non-hydrogen) atoms. The monoisotopic (exact) mass is 366 g/mol. The molecule has 1 atom stereocenters. The van der Waals surface area contributed by atoms with Crippen LogP contribution in [0.2, 0.25) is 0 Å². The van der Waals surface area contributed by atoms with Gasteiger partial charge in [-0.15, -0.1) is 0 Å². The van der Waals surface area contributed by atoms with Crippen LogP contribution in [0.1, 0.15) is 6.92 Å². The first-order valence-electron chi connectivity index (χ1n) is 7.72. The van der Waals surface area contributed by atoms with Gasteiger partial charge in [-0.3, -0.25) is 4.79 Å². The minimum Gasteiger partial charge on any atom is -0.493 e. The Balaban J connectivity index is 2.15. The quantitative estimate of drug-likeness (QED) is 0.786. The molecule has 2 aromatic carbocycles. The van der Waals surface area contributed by atoms with Gasteiger partial charge in [-0.05, 0) is 19.1 Å². The molecule has 140 valence electrons. The van der Waals surface area contributed by atoms with Crippen molar-refractivity contribution in [3.8, 4) is 17.2 Å². The molecule has 0 spiro atoms. The third-order valence-electron chi connectivity index (χ3n) is 3.63. The number of carbonyl (C=O) groups excluding carboxylic acids is 1. The van der Waals surface area contributed by atoms with Crippen LogP contribution in [0.4, 0.5) is 20.2 Å². The second kappa shape index (κ2) is 8.37. The maximum atomic E-state index is 13.7. The van der Waals surface area contributed by atoms with E-state index in [1.54, 1.807) is 19.1 Å². The Morgan fingerprint density at radius 3 is 2.12 bits per heavy atom. The van der Waals surface area contributed by atoms with Crippen molar-refractivity contribution in [2.75, 3.05) is 32.0 Å². The van der Waals surface area contributed by atoms with Gasteiger partial charge >= 0.3 is 0 Å². The molecule has 0 saturated heterocycles. The van der Waals surface area contributed by atoms with E-state index >= 15 is 0 Å². The summed E-state index contributed by atoms with van der Waals surface area (Å²) in [5.41, 5.74) is 0.441. The average molecular weight is 366 g/mol. The van der Waals surface area contributed by atoms with Crippen molar-refractivity contribution in [1.82, 2.24) is 0 Å². The Morgan fingerprint density at radius 2 is 1.62 bits per heavy atom. The number of carbonyl (C=O) groups is 1. The minimum atomic E-state index is -0.849. The van der Waals surface area contributed by atoms with E-state index in [0.717, 1.165) is 12.1 Å². The van der Waals surface area contributed by atoms with Gasteiger partial charge in [0.1, 0.15) is 17.7 Å². The number of rotatable bonds is 7. The second-order valence-corrected chi connectivity index (χ2v) is 5.39. The summed E-state index contributed by atoms with van der Waals surface area (Å²) < 4.78 is 42.3. The maximum absolute atomic E-state index is 13.7. The third kappa shape index (κ3) is 4.33. The van der Waals surface area contributed by atoms with Crippen LogP contribution in [-0.2, 0) is 4.79 Å². The number of nitrogens with one attached hydrogen (secondary N) is 2. The van der Waals surface area contributed by atoms with Crippen molar-refractivity contribution in [3.63, 3.8) is 0 Å². The van der Waals surface area contributed by atoms with E-state index in [1.165, 1.54) is 21.3 Å². The Bertz CT molecular complexity index is 774. The van der Waals surface area contributed by atoms with Crippen LogP contribution in [0.3, 0.4) is 0 Å². The molecule has 1 unspecified atom stereocenters. The molecular formula is C18H20F2N2O4. The highest BCUT2D eigenvalue weighted by Gasteiger charge is 2.18. The van der Waals surface area contributed by atoms with Crippen molar-refractivity contribution in [2.45, 2.75) is 13.0 Å². The molecule has 0 aliphatic carbocycles. The highest BCUT2D eigenvalue weighted by atomic mass is 19.1. The first-order valence-corrected chi connectivity index (χ1v) is 7.72. The summed E-state index contributed by atoms with van der Waals surface area (Å²) in [5, 5.41) is 5.38. The Hall–Kier alpha value is -3.03. The fourth-order valence-corrected chi connectivity index (χ4v) is 2.31. The first kappa shape index (κ1) is 19.3. The van der Waals surface area contributed by atoms with Crippen molar-refractivity contribution < 1.29 is 27.8 Å². The number of benzene rings is 2. The molecule has 0 heterocycles. The lowest BCUT2D eigenvalue weighted by molar-refractivity contribution is -0.116. The standard InChI is InChI=1S/C18H20F2N2O4/c1-10(18(23)22-14-6-5-11(19)7-13(14)20)21-12-8-15(24-2)17(26-4)16(9-12)25-3/h5-10,21H,1-4H3,(H,22,23). The summed E-state index contributed by atoms with van der Waals surface area (Å²) >= 11 is 0. The largest absolute Gasteiger partial charge is 0.493 e. The summed E-state index contributed by atoms with van der Waals surface area (Å²) in [6.07, 6.45) is 0. The molecule has 6 nitrogen and oxygen atoms in total. The third-order valence-corrected chi connectivity index (χ3v) is 3.63. The number of ether oxygens (including phenoxy) is 3. The molecule has 0 saturated carbocycles. The zero-order chi connectivity index (χ0) is 19.3. The average Bonchev–Trinajstić information content (AvgIpc) is 2.62. The lowest BCUT2D eigenvalue weighted by Gasteiger charge is -2.18. The number of amides is 1. The van der Waals surface area contributed by atoms with Gasteiger partial charge in [0.05, 0.1) is 27.0 Å². The van der Waals surface area contributed by atoms with Gasteiger partial charge in [0.25, 0.3) is 0 Å². The zero-order valence-corrected chi connectivity index (χ0v) is 14.9. The van der Waals surface area contributed by atoms with Crippen LogP contribution in [0.25, 0.3) is 0 Å². The minimum absolute atomic E-state index is 0.102. The molecule has 2 rings (SSSR count). The van der Waals surface area contributed by atoms with Crippen molar-refractivity contribution in [2.24, 2.45) is 0 Å². The molecule has 0 aromatic heterocycles. The second-order valence-electron chi connectivity index (χ2n) is 5.39. The normalized spacial score (nSPS) is 11.5. The molecular weight excluding hydrogens is 346 g/mol. The fourth-order valence-electron chi connectivity index (χ4n) is 2.31. The van der Waals surface area contributed by atoms with Crippen LogP contribution in [0.15, 0.2) is 30.3 Å². The molecule has 0 radical (unpaired) electrons. The highest BCUT2D eigenvalue weighted by molar-refractivity contribution is 5.96. The van der Waals surface area contributed by atoms with Crippen LogP contribution in [0.5, 0.6) is 17.2 Å². The van der Waals surface area contributed by atoms with E-state index in [-0.39, 0.29) is 5.69 Å². The van der Waals surface area contributed by atoms with E-state index < -0.39 is 23.6 Å². The molecule has 2 N–H and O–H groups in total. The Morgan fingerprint density at radius 1 is 1.00 bits per heavy atom. The van der Waals surface area contributed by atoms with Crippen LogP contribution in [-0.4, -0.2) is 33.3 Å². The van der Waals surface area contributed by atoms with Crippen LogP contribution in [0, 0.1) is 11.6 Å². The zero-order valence-electron chi connectivity index (χ0n) is 14.9. The topological polar surface area (TPSA) is 68.8 Å². The molecule has 0 aliphatic rings. The van der Waals surface area contributed by atoms with E-state index in [4.69, 9.17) is 14.2 Å². The summed E-state index contributed by atoms with van der Waals surface area (Å²) in [6, 6.07) is 5.49. The SMILES string of the molecule is COc1cc(NC(C)C(=O)Nc2ccc(F)cc2F)cc(OC)c1OC. The highest BCUT2D eigenvalue weighted by Crippen LogP contribution is 2.40. The summed E-state index contributed by atoms with van der Waals surface area (Å²) in [4.78, 5) is 12.3. The molecule has 1 amide bonds. The van der Waals surface area contributed by atoms with Crippen LogP contribution < -0.4 is 24.8 Å². The predicted octanol–water partition coefficient (Wildman–Crippen LogP) is 3.43. The van der Waals surface area contributed by atoms with Gasteiger partial charge in [-0.2, -0.15) is 0 Å². The number of hydrogen-bond acceptors (Lipinski definition) is 5. The summed E-state index contributed by atoms with van der Waals surface area (Å²) in [5.74, 6) is -0.796. The number of hydrogen-bond donors (Lipinski definition) is 2. The predicted molar refractivity (Wildman–Crippen MR) is 94.2 cm³/mol. The maximum Gasteiger partial charge on any atom is 0.246 e. The van der Waals surface area contributed by atoms with Gasteiger partial charge in [0.15, 0.2) is 11.5 Å². The number of methoxy groups -OCH3 is 3. The summed E-state index contributed by atoms with van der Waals surface area (Å²) in [7, 11) is 4.45. The number of halogens is 2. The van der Waals surface area contributed by atoms with Gasteiger partial charge in [0, 0.05) is 23.9 Å². The van der Waals surface area contributed by atoms with Crippen molar-refractivity contribution >= 4 is 17.3 Å². The van der Waals surface area contributed by atoms with E-state index in [2.05, 4.69) is 10.6 Å². The van der Waals surface area contributed by atoms with E-state index in [0.29, 0.717) is 29.0 Å². The van der Waals surface area contributed by atoms with Gasteiger partial charge in [-0.25, -0.2) is 8.78 Å². The summed E-state index contributed by atoms with van der Waals surface area (Å²) in [6.45, 7) is 1.60.